The van der Waals surface area contributed by atoms with Crippen LogP contribution in [0.2, 0.25) is 0 Å². The van der Waals surface area contributed by atoms with Gasteiger partial charge in [0.2, 0.25) is 0 Å². The van der Waals surface area contributed by atoms with E-state index in [1.165, 1.54) is 18.2 Å². The molecule has 0 aromatic carbocycles. The van der Waals surface area contributed by atoms with Gasteiger partial charge in [-0.25, -0.2) is 14.6 Å². The maximum atomic E-state index is 10.8. The molecule has 6 nitrogen and oxygen atoms in total. The molecule has 2 aromatic rings. The zero-order valence-electron chi connectivity index (χ0n) is 11.3. The number of carbonyl (C=O) groups is 1. The van der Waals surface area contributed by atoms with Crippen LogP contribution in [0.1, 0.15) is 19.3 Å². The quantitative estimate of drug-likeness (QED) is 0.833. The van der Waals surface area contributed by atoms with Gasteiger partial charge in [0.05, 0.1) is 5.75 Å². The first-order valence-corrected chi connectivity index (χ1v) is 8.57. The van der Waals surface area contributed by atoms with Gasteiger partial charge in [-0.3, -0.25) is 4.79 Å². The van der Waals surface area contributed by atoms with Crippen LogP contribution in [0.15, 0.2) is 21.9 Å². The van der Waals surface area contributed by atoms with Crippen LogP contribution in [0.25, 0.3) is 11.2 Å². The Morgan fingerprint density at radius 1 is 1.38 bits per heavy atom. The fourth-order valence-corrected chi connectivity index (χ4v) is 3.52. The summed E-state index contributed by atoms with van der Waals surface area (Å²) in [6.45, 7) is 1.90. The van der Waals surface area contributed by atoms with Crippen molar-refractivity contribution >= 4 is 44.8 Å². The van der Waals surface area contributed by atoms with E-state index >= 15 is 0 Å². The van der Waals surface area contributed by atoms with Crippen LogP contribution >= 0.6 is 27.7 Å². The predicted octanol–water partition coefficient (Wildman–Crippen LogP) is 2.49. The molecule has 112 valence electrons. The SMILES string of the molecule is O=C(O)CSc1nc2cc(Br)cnc2n1N1CCCCC1. The van der Waals surface area contributed by atoms with Gasteiger partial charge in [0.25, 0.3) is 0 Å². The van der Waals surface area contributed by atoms with Gasteiger partial charge in [-0.15, -0.1) is 0 Å². The first-order chi connectivity index (χ1) is 10.1. The second kappa shape index (κ2) is 6.23. The number of rotatable bonds is 4. The summed E-state index contributed by atoms with van der Waals surface area (Å²) < 4.78 is 2.85. The maximum Gasteiger partial charge on any atom is 0.313 e. The predicted molar refractivity (Wildman–Crippen MR) is 85.4 cm³/mol. The van der Waals surface area contributed by atoms with E-state index in [9.17, 15) is 4.79 Å². The highest BCUT2D eigenvalue weighted by Gasteiger charge is 2.20. The van der Waals surface area contributed by atoms with E-state index in [2.05, 4.69) is 30.9 Å². The van der Waals surface area contributed by atoms with Gasteiger partial charge >= 0.3 is 5.97 Å². The van der Waals surface area contributed by atoms with Crippen molar-refractivity contribution < 1.29 is 9.90 Å². The molecule has 1 aliphatic heterocycles. The molecule has 8 heteroatoms. The standard InChI is InChI=1S/C13H15BrN4O2S/c14-9-6-10-12(15-7-9)18(17-4-2-1-3-5-17)13(16-10)21-8-11(19)20/h6-7H,1-5,8H2,(H,19,20). The average Bonchev–Trinajstić information content (AvgIpc) is 2.83. The van der Waals surface area contributed by atoms with Crippen LogP contribution in [0, 0.1) is 0 Å². The zero-order valence-corrected chi connectivity index (χ0v) is 13.7. The fourth-order valence-electron chi connectivity index (χ4n) is 2.46. The summed E-state index contributed by atoms with van der Waals surface area (Å²) in [4.78, 5) is 19.8. The van der Waals surface area contributed by atoms with Crippen molar-refractivity contribution in [2.75, 3.05) is 23.9 Å². The molecule has 0 amide bonds. The molecule has 1 fully saturated rings. The van der Waals surface area contributed by atoms with Crippen molar-refractivity contribution in [2.24, 2.45) is 0 Å². The van der Waals surface area contributed by atoms with E-state index in [0.29, 0.717) is 5.16 Å². The molecule has 2 aromatic heterocycles. The molecular weight excluding hydrogens is 356 g/mol. The Balaban J connectivity index is 2.03. The number of hydrogen-bond donors (Lipinski definition) is 1. The van der Waals surface area contributed by atoms with Crippen molar-refractivity contribution in [3.63, 3.8) is 0 Å². The lowest BCUT2D eigenvalue weighted by Gasteiger charge is -2.30. The van der Waals surface area contributed by atoms with E-state index in [-0.39, 0.29) is 5.75 Å². The van der Waals surface area contributed by atoms with E-state index in [4.69, 9.17) is 5.11 Å². The summed E-state index contributed by atoms with van der Waals surface area (Å²) >= 11 is 4.63. The molecule has 0 spiro atoms. The Morgan fingerprint density at radius 3 is 2.86 bits per heavy atom. The van der Waals surface area contributed by atoms with Gasteiger partial charge < -0.3 is 10.1 Å². The van der Waals surface area contributed by atoms with Gasteiger partial charge in [0.1, 0.15) is 5.52 Å². The second-order valence-electron chi connectivity index (χ2n) is 4.90. The first-order valence-electron chi connectivity index (χ1n) is 6.79. The number of aromatic nitrogens is 3. The van der Waals surface area contributed by atoms with Crippen LogP contribution in [0.5, 0.6) is 0 Å². The number of carboxylic acids is 1. The van der Waals surface area contributed by atoms with Gasteiger partial charge in [-0.1, -0.05) is 11.8 Å². The lowest BCUT2D eigenvalue weighted by molar-refractivity contribution is -0.133. The number of halogens is 1. The molecule has 0 atom stereocenters. The van der Waals surface area contributed by atoms with Gasteiger partial charge in [-0.05, 0) is 41.3 Å². The molecule has 1 N–H and O–H groups in total. The van der Waals surface area contributed by atoms with E-state index in [1.54, 1.807) is 6.20 Å². The minimum atomic E-state index is -0.841. The Morgan fingerprint density at radius 2 is 2.14 bits per heavy atom. The van der Waals surface area contributed by atoms with E-state index < -0.39 is 5.97 Å². The topological polar surface area (TPSA) is 71.2 Å². The van der Waals surface area contributed by atoms with Crippen LogP contribution < -0.4 is 5.01 Å². The normalized spacial score (nSPS) is 15.6. The van der Waals surface area contributed by atoms with E-state index in [1.807, 2.05) is 10.7 Å². The van der Waals surface area contributed by atoms with Crippen molar-refractivity contribution in [3.8, 4) is 0 Å². The number of aliphatic carboxylic acids is 1. The Labute approximate surface area is 134 Å². The minimum absolute atomic E-state index is 0.00166. The first kappa shape index (κ1) is 14.6. The number of hydrogen-bond acceptors (Lipinski definition) is 5. The van der Waals surface area contributed by atoms with Crippen molar-refractivity contribution in [1.82, 2.24) is 14.6 Å². The van der Waals surface area contributed by atoms with Gasteiger partial charge in [-0.2, -0.15) is 0 Å². The number of nitrogens with zero attached hydrogens (tertiary/aromatic N) is 4. The summed E-state index contributed by atoms with van der Waals surface area (Å²) in [7, 11) is 0. The van der Waals surface area contributed by atoms with Crippen molar-refractivity contribution in [2.45, 2.75) is 24.4 Å². The third-order valence-corrected chi connectivity index (χ3v) is 4.70. The molecule has 21 heavy (non-hydrogen) atoms. The zero-order chi connectivity index (χ0) is 14.8. The molecule has 0 aliphatic carbocycles. The minimum Gasteiger partial charge on any atom is -0.481 e. The molecule has 3 rings (SSSR count). The monoisotopic (exact) mass is 370 g/mol. The number of imidazole rings is 1. The largest absolute Gasteiger partial charge is 0.481 e. The summed E-state index contributed by atoms with van der Waals surface area (Å²) in [6.07, 6.45) is 5.26. The van der Waals surface area contributed by atoms with Crippen LogP contribution in [0.3, 0.4) is 0 Å². The second-order valence-corrected chi connectivity index (χ2v) is 6.76. The highest BCUT2D eigenvalue weighted by Crippen LogP contribution is 2.26. The lowest BCUT2D eigenvalue weighted by atomic mass is 10.2. The van der Waals surface area contributed by atoms with Crippen molar-refractivity contribution in [3.05, 3.63) is 16.7 Å². The number of fused-ring (bicyclic) bond motifs is 1. The van der Waals surface area contributed by atoms with Crippen molar-refractivity contribution in [1.29, 1.82) is 0 Å². The van der Waals surface area contributed by atoms with Crippen LogP contribution in [-0.2, 0) is 4.79 Å². The maximum absolute atomic E-state index is 10.8. The van der Waals surface area contributed by atoms with E-state index in [0.717, 1.165) is 41.6 Å². The summed E-state index contributed by atoms with van der Waals surface area (Å²) in [5.41, 5.74) is 1.57. The number of thioether (sulfide) groups is 1. The van der Waals surface area contributed by atoms with Crippen LogP contribution in [0.4, 0.5) is 0 Å². The van der Waals surface area contributed by atoms with Gasteiger partial charge in [0.15, 0.2) is 10.8 Å². The summed E-state index contributed by atoms with van der Waals surface area (Å²) in [6, 6.07) is 1.91. The molecular formula is C13H15BrN4O2S. The highest BCUT2D eigenvalue weighted by molar-refractivity contribution is 9.10. The van der Waals surface area contributed by atoms with Gasteiger partial charge in [0, 0.05) is 23.8 Å². The Hall–Kier alpha value is -1.28. The smallest absolute Gasteiger partial charge is 0.313 e. The molecule has 1 saturated heterocycles. The Kier molecular flexibility index (Phi) is 4.34. The number of pyridine rings is 1. The third-order valence-electron chi connectivity index (χ3n) is 3.35. The highest BCUT2D eigenvalue weighted by atomic mass is 79.9. The third kappa shape index (κ3) is 3.16. The molecule has 0 saturated carbocycles. The molecule has 1 aliphatic rings. The molecule has 3 heterocycles. The lowest BCUT2D eigenvalue weighted by Crippen LogP contribution is -2.39. The summed E-state index contributed by atoms with van der Waals surface area (Å²) in [5.74, 6) is -0.843. The molecule has 0 unspecified atom stereocenters. The molecule has 0 bridgehead atoms. The molecule has 0 radical (unpaired) electrons. The number of piperidine rings is 1. The number of carboxylic acid groups (broad SMARTS) is 1. The summed E-state index contributed by atoms with van der Waals surface area (Å²) in [5, 5.41) is 11.8. The van der Waals surface area contributed by atoms with Crippen LogP contribution in [-0.4, -0.2) is 44.6 Å². The Bertz CT molecular complexity index is 669. The average molecular weight is 371 g/mol. The fraction of sp³-hybridized carbons (Fsp3) is 0.462.